The number of ether oxygens (including phenoxy) is 8. The molecule has 0 saturated heterocycles. The summed E-state index contributed by atoms with van der Waals surface area (Å²) in [5.41, 5.74) is 3.74. The molecule has 12 heteroatoms. The van der Waals surface area contributed by atoms with Crippen LogP contribution in [0.3, 0.4) is 0 Å². The van der Waals surface area contributed by atoms with E-state index in [0.29, 0.717) is 32.7 Å². The van der Waals surface area contributed by atoms with Crippen LogP contribution in [0.5, 0.6) is 23.0 Å². The van der Waals surface area contributed by atoms with Crippen molar-refractivity contribution in [2.75, 3.05) is 55.6 Å². The highest BCUT2D eigenvalue weighted by atomic mass is 16.7. The fourth-order valence-electron chi connectivity index (χ4n) is 4.23. The van der Waals surface area contributed by atoms with Crippen LogP contribution in [-0.2, 0) is 18.9 Å². The molecule has 12 nitrogen and oxygen atoms in total. The number of hydrogen-bond acceptors (Lipinski definition) is 10. The highest BCUT2D eigenvalue weighted by Crippen LogP contribution is 2.31. The molecule has 48 heavy (non-hydrogen) atoms. The van der Waals surface area contributed by atoms with Gasteiger partial charge >= 0.3 is 0 Å². The Morgan fingerprint density at radius 2 is 0.708 bits per heavy atom. The van der Waals surface area contributed by atoms with Gasteiger partial charge in [-0.2, -0.15) is 0 Å². The van der Waals surface area contributed by atoms with Crippen molar-refractivity contribution in [2.45, 2.75) is 0 Å². The molecule has 0 atom stereocenters. The molecular weight excluding hydrogens is 620 g/mol. The molecule has 0 aromatic heterocycles. The van der Waals surface area contributed by atoms with Crippen molar-refractivity contribution in [2.24, 2.45) is 0 Å². The van der Waals surface area contributed by atoms with Crippen LogP contribution >= 0.6 is 0 Å². The molecule has 0 spiro atoms. The maximum atomic E-state index is 12.9. The van der Waals surface area contributed by atoms with E-state index in [2.05, 4.69) is 0 Å². The van der Waals surface area contributed by atoms with Crippen molar-refractivity contribution >= 4 is 35.7 Å². The molecule has 0 aliphatic heterocycles. The van der Waals surface area contributed by atoms with Crippen LogP contribution in [0, 0.1) is 10.4 Å². The Kier molecular flexibility index (Phi) is 13.8. The second kappa shape index (κ2) is 18.7. The molecule has 0 aliphatic carbocycles. The fourth-order valence-corrected chi connectivity index (χ4v) is 4.23. The van der Waals surface area contributed by atoms with Gasteiger partial charge in [-0.25, -0.2) is 0 Å². The number of hydrogen-bond donors (Lipinski definition) is 0. The minimum Gasteiger partial charge on any atom is -0.561 e. The van der Waals surface area contributed by atoms with Crippen LogP contribution in [0.1, 0.15) is 22.3 Å². The number of benzene rings is 4. The van der Waals surface area contributed by atoms with E-state index in [-0.39, 0.29) is 38.5 Å². The van der Waals surface area contributed by atoms with Crippen LogP contribution < -0.4 is 18.9 Å². The van der Waals surface area contributed by atoms with Crippen molar-refractivity contribution in [1.29, 1.82) is 0 Å². The molecule has 0 bridgehead atoms. The van der Waals surface area contributed by atoms with E-state index in [9.17, 15) is 10.4 Å². The smallest absolute Gasteiger partial charge is 0.287 e. The molecule has 0 saturated carbocycles. The van der Waals surface area contributed by atoms with Crippen LogP contribution in [0.4, 0.5) is 11.4 Å². The highest BCUT2D eigenvalue weighted by molar-refractivity contribution is 5.72. The largest absolute Gasteiger partial charge is 0.561 e. The summed E-state index contributed by atoms with van der Waals surface area (Å²) in [4.78, 5) is 0.594. The molecule has 252 valence electrons. The fraction of sp³-hybridized carbons (Fsp3) is 0.222. The Balaban J connectivity index is 1.42. The maximum absolute atomic E-state index is 12.9. The van der Waals surface area contributed by atoms with Gasteiger partial charge in [-0.05, 0) is 70.8 Å². The van der Waals surface area contributed by atoms with E-state index < -0.39 is 0 Å². The van der Waals surface area contributed by atoms with Gasteiger partial charge in [-0.3, -0.25) is 0 Å². The third-order valence-corrected chi connectivity index (χ3v) is 6.59. The lowest BCUT2D eigenvalue weighted by molar-refractivity contribution is -0.896. The summed E-state index contributed by atoms with van der Waals surface area (Å²) in [5.74, 6) is 2.07. The van der Waals surface area contributed by atoms with Gasteiger partial charge in [0.2, 0.25) is 0 Å². The van der Waals surface area contributed by atoms with Gasteiger partial charge in [0.15, 0.2) is 50.2 Å². The van der Waals surface area contributed by atoms with Gasteiger partial charge in [0, 0.05) is 52.7 Å². The van der Waals surface area contributed by atoms with Gasteiger partial charge in [0.1, 0.15) is 0 Å². The van der Waals surface area contributed by atoms with Crippen LogP contribution in [0.15, 0.2) is 84.9 Å². The predicted octanol–water partition coefficient (Wildman–Crippen LogP) is 7.39. The van der Waals surface area contributed by atoms with Crippen LogP contribution in [-0.4, -0.2) is 65.3 Å². The lowest BCUT2D eigenvalue weighted by Crippen LogP contribution is -2.08. The number of nitrogens with zero attached hydrogens (tertiary/aromatic N) is 2. The SMILES string of the molecule is COCOc1ccc(C=Cc2ccc([N+]([O-])=[N+]([O-])c3ccc(C=Cc4ccc(OCOC)c(OCOC)c4)cc3)cc2)cc1OCOC. The maximum Gasteiger partial charge on any atom is 0.287 e. The minimum absolute atomic E-state index is 0.0657. The Morgan fingerprint density at radius 3 is 1.04 bits per heavy atom. The van der Waals surface area contributed by atoms with Gasteiger partial charge in [0.25, 0.3) is 11.4 Å². The summed E-state index contributed by atoms with van der Waals surface area (Å²) in [6.45, 7) is 0.300. The molecule has 0 amide bonds. The van der Waals surface area contributed by atoms with Crippen LogP contribution in [0.2, 0.25) is 0 Å². The van der Waals surface area contributed by atoms with Crippen molar-refractivity contribution in [3.05, 3.63) is 118 Å². The van der Waals surface area contributed by atoms with Crippen molar-refractivity contribution in [1.82, 2.24) is 0 Å². The molecule has 0 unspecified atom stereocenters. The van der Waals surface area contributed by atoms with Gasteiger partial charge < -0.3 is 48.3 Å². The van der Waals surface area contributed by atoms with Crippen molar-refractivity contribution in [3.8, 4) is 23.0 Å². The third kappa shape index (κ3) is 10.3. The Hall–Kier alpha value is -5.40. The summed E-state index contributed by atoms with van der Waals surface area (Å²) >= 11 is 0. The second-order valence-corrected chi connectivity index (χ2v) is 10.0. The molecule has 0 fully saturated rings. The highest BCUT2D eigenvalue weighted by Gasteiger charge is 2.15. The van der Waals surface area contributed by atoms with E-state index in [4.69, 9.17) is 37.9 Å². The molecule has 0 heterocycles. The van der Waals surface area contributed by atoms with E-state index in [1.807, 2.05) is 48.6 Å². The van der Waals surface area contributed by atoms with E-state index in [0.717, 1.165) is 22.3 Å². The zero-order chi connectivity index (χ0) is 34.1. The van der Waals surface area contributed by atoms with Crippen molar-refractivity contribution in [3.63, 3.8) is 0 Å². The first-order chi connectivity index (χ1) is 23.4. The van der Waals surface area contributed by atoms with E-state index in [1.54, 1.807) is 60.7 Å². The Bertz CT molecular complexity index is 1560. The summed E-state index contributed by atoms with van der Waals surface area (Å²) in [7, 11) is 6.15. The summed E-state index contributed by atoms with van der Waals surface area (Å²) in [6, 6.07) is 24.3. The van der Waals surface area contributed by atoms with Gasteiger partial charge in [-0.1, -0.05) is 36.4 Å². The van der Waals surface area contributed by atoms with Crippen LogP contribution in [0.25, 0.3) is 24.3 Å². The lowest BCUT2D eigenvalue weighted by Gasteiger charge is -2.12. The molecule has 0 N–H and O–H groups in total. The first kappa shape index (κ1) is 35.5. The molecular formula is C36H38N2O10. The topological polar surface area (TPSA) is 126 Å². The Labute approximate surface area is 279 Å². The van der Waals surface area contributed by atoms with E-state index in [1.165, 1.54) is 28.4 Å². The average molecular weight is 659 g/mol. The minimum atomic E-state index is 0.0657. The zero-order valence-electron chi connectivity index (χ0n) is 27.2. The monoisotopic (exact) mass is 658 g/mol. The summed E-state index contributed by atoms with van der Waals surface area (Å²) < 4.78 is 42.3. The van der Waals surface area contributed by atoms with Crippen molar-refractivity contribution < 1.29 is 47.6 Å². The third-order valence-electron chi connectivity index (χ3n) is 6.59. The summed E-state index contributed by atoms with van der Waals surface area (Å²) in [5, 5.41) is 25.8. The standard InChI is InChI=1S/C36H38N2O10/c1-41-23-45-33-19-13-29(21-35(33)47-25-43-3)7-5-27-9-15-31(16-10-27)37(39)38(40)32-17-11-28(12-18-32)6-8-30-14-20-34(46-24-42-2)36(22-30)48-26-44-4/h5-22H,23-26H2,1-4H3. The molecule has 4 aromatic rings. The number of methoxy groups -OCH3 is 4. The Morgan fingerprint density at radius 1 is 0.417 bits per heavy atom. The zero-order valence-corrected chi connectivity index (χ0v) is 27.2. The molecule has 0 aliphatic rings. The predicted molar refractivity (Wildman–Crippen MR) is 180 cm³/mol. The van der Waals surface area contributed by atoms with Gasteiger partial charge in [-0.15, -0.1) is 0 Å². The molecule has 4 rings (SSSR count). The normalized spacial score (nSPS) is 11.9. The number of azo groups is 1. The van der Waals surface area contributed by atoms with Gasteiger partial charge in [0.05, 0.1) is 9.72 Å². The quantitative estimate of drug-likeness (QED) is 0.0351. The second-order valence-electron chi connectivity index (χ2n) is 10.0. The lowest BCUT2D eigenvalue weighted by atomic mass is 10.1. The number of rotatable bonds is 18. The summed E-state index contributed by atoms with van der Waals surface area (Å²) in [6.07, 6.45) is 7.53. The first-order valence-corrected chi connectivity index (χ1v) is 14.7. The average Bonchev–Trinajstić information content (AvgIpc) is 3.13. The first-order valence-electron chi connectivity index (χ1n) is 14.7. The molecule has 4 aromatic carbocycles. The van der Waals surface area contributed by atoms with E-state index >= 15 is 0 Å². The molecule has 0 radical (unpaired) electrons.